The summed E-state index contributed by atoms with van der Waals surface area (Å²) >= 11 is 0. The summed E-state index contributed by atoms with van der Waals surface area (Å²) in [5, 5.41) is 9.35. The number of amides is 1. The second-order valence-electron chi connectivity index (χ2n) is 5.46. The first-order chi connectivity index (χ1) is 8.61. The molecule has 0 atom stereocenters. The molecule has 0 aromatic carbocycles. The van der Waals surface area contributed by atoms with E-state index in [4.69, 9.17) is 0 Å². The molecule has 0 heterocycles. The van der Waals surface area contributed by atoms with E-state index in [0.717, 1.165) is 12.8 Å². The van der Waals surface area contributed by atoms with E-state index in [1.807, 2.05) is 25.8 Å². The Labute approximate surface area is 111 Å². The largest absolute Gasteiger partial charge is 0.341 e. The number of carbonyl (C=O) groups excluding carboxylic acids is 1. The van der Waals surface area contributed by atoms with Crippen molar-refractivity contribution in [1.82, 2.24) is 4.90 Å². The van der Waals surface area contributed by atoms with E-state index in [0.29, 0.717) is 18.9 Å². The van der Waals surface area contributed by atoms with Gasteiger partial charge in [-0.25, -0.2) is 0 Å². The first-order valence-electron chi connectivity index (χ1n) is 7.29. The third-order valence-electron chi connectivity index (χ3n) is 4.52. The highest BCUT2D eigenvalue weighted by atomic mass is 16.2. The molecule has 0 radical (unpaired) electrons. The Bertz CT molecular complexity index is 307. The molecule has 0 saturated heterocycles. The van der Waals surface area contributed by atoms with Crippen molar-refractivity contribution in [3.63, 3.8) is 0 Å². The molecule has 0 aliphatic heterocycles. The molecule has 0 aromatic heterocycles. The highest BCUT2D eigenvalue weighted by Gasteiger charge is 2.39. The van der Waals surface area contributed by atoms with E-state index in [1.165, 1.54) is 25.7 Å². The summed E-state index contributed by atoms with van der Waals surface area (Å²) in [6, 6.07) is 2.60. The summed E-state index contributed by atoms with van der Waals surface area (Å²) in [6.07, 6.45) is 8.38. The van der Waals surface area contributed by atoms with Gasteiger partial charge in [0.1, 0.15) is 5.41 Å². The highest BCUT2D eigenvalue weighted by Crippen LogP contribution is 2.30. The van der Waals surface area contributed by atoms with Crippen LogP contribution in [0.4, 0.5) is 0 Å². The highest BCUT2D eigenvalue weighted by molar-refractivity contribution is 5.85. The molecule has 102 valence electrons. The lowest BCUT2D eigenvalue weighted by Crippen LogP contribution is -2.45. The minimum atomic E-state index is -0.805. The standard InChI is InChI=1S/C15H26N2O/c1-4-15(5-2,12-16)14(18)17(3)13-10-8-6-7-9-11-13/h13H,4-11H2,1-3H3. The van der Waals surface area contributed by atoms with Crippen LogP contribution in [0.1, 0.15) is 65.2 Å². The van der Waals surface area contributed by atoms with Crippen molar-refractivity contribution in [2.45, 2.75) is 71.3 Å². The van der Waals surface area contributed by atoms with E-state index in [9.17, 15) is 10.1 Å². The van der Waals surface area contributed by atoms with Gasteiger partial charge in [0.05, 0.1) is 6.07 Å². The van der Waals surface area contributed by atoms with E-state index < -0.39 is 5.41 Å². The van der Waals surface area contributed by atoms with Gasteiger partial charge in [0.2, 0.25) is 5.91 Å². The van der Waals surface area contributed by atoms with Gasteiger partial charge in [-0.15, -0.1) is 0 Å². The van der Waals surface area contributed by atoms with Gasteiger partial charge in [-0.05, 0) is 25.7 Å². The zero-order valence-electron chi connectivity index (χ0n) is 12.0. The molecule has 1 aliphatic carbocycles. The first kappa shape index (κ1) is 15.0. The fraction of sp³-hybridized carbons (Fsp3) is 0.867. The lowest BCUT2D eigenvalue weighted by molar-refractivity contribution is -0.140. The lowest BCUT2D eigenvalue weighted by atomic mass is 9.82. The summed E-state index contributed by atoms with van der Waals surface area (Å²) < 4.78 is 0. The van der Waals surface area contributed by atoms with Crippen LogP contribution in [0.15, 0.2) is 0 Å². The third kappa shape index (κ3) is 3.04. The van der Waals surface area contributed by atoms with Crippen LogP contribution >= 0.6 is 0 Å². The SMILES string of the molecule is CCC(C#N)(CC)C(=O)N(C)C1CCCCCC1. The van der Waals surface area contributed by atoms with Gasteiger partial charge in [0, 0.05) is 13.1 Å². The van der Waals surface area contributed by atoms with Crippen LogP contribution in [0.2, 0.25) is 0 Å². The van der Waals surface area contributed by atoms with Crippen LogP contribution in [0.25, 0.3) is 0 Å². The van der Waals surface area contributed by atoms with Crippen molar-refractivity contribution < 1.29 is 4.79 Å². The van der Waals surface area contributed by atoms with E-state index in [-0.39, 0.29) is 5.91 Å². The van der Waals surface area contributed by atoms with Crippen LogP contribution < -0.4 is 0 Å². The average Bonchev–Trinajstić information content (AvgIpc) is 2.69. The Balaban J connectivity index is 2.78. The van der Waals surface area contributed by atoms with Gasteiger partial charge in [-0.1, -0.05) is 39.5 Å². The Morgan fingerprint density at radius 1 is 1.22 bits per heavy atom. The molecule has 1 rings (SSSR count). The molecule has 1 aliphatic rings. The van der Waals surface area contributed by atoms with Gasteiger partial charge >= 0.3 is 0 Å². The molecule has 0 aromatic rings. The van der Waals surface area contributed by atoms with Gasteiger partial charge in [-0.3, -0.25) is 4.79 Å². The predicted molar refractivity (Wildman–Crippen MR) is 72.9 cm³/mol. The van der Waals surface area contributed by atoms with Crippen molar-refractivity contribution in [3.05, 3.63) is 0 Å². The quantitative estimate of drug-likeness (QED) is 0.717. The van der Waals surface area contributed by atoms with Crippen LogP contribution in [0, 0.1) is 16.7 Å². The molecule has 3 nitrogen and oxygen atoms in total. The van der Waals surface area contributed by atoms with E-state index in [1.54, 1.807) is 0 Å². The van der Waals surface area contributed by atoms with Gasteiger partial charge in [0.15, 0.2) is 0 Å². The molecular formula is C15H26N2O. The summed E-state index contributed by atoms with van der Waals surface area (Å²) in [4.78, 5) is 14.4. The fourth-order valence-corrected chi connectivity index (χ4v) is 2.91. The van der Waals surface area contributed by atoms with Crippen molar-refractivity contribution >= 4 is 5.91 Å². The Morgan fingerprint density at radius 3 is 2.11 bits per heavy atom. The topological polar surface area (TPSA) is 44.1 Å². The minimum absolute atomic E-state index is 0.0295. The molecule has 3 heteroatoms. The molecule has 0 unspecified atom stereocenters. The van der Waals surface area contributed by atoms with Crippen LogP contribution in [-0.4, -0.2) is 23.9 Å². The van der Waals surface area contributed by atoms with Crippen molar-refractivity contribution in [2.75, 3.05) is 7.05 Å². The van der Waals surface area contributed by atoms with Crippen molar-refractivity contribution in [1.29, 1.82) is 5.26 Å². The normalized spacial score (nSPS) is 17.9. The minimum Gasteiger partial charge on any atom is -0.341 e. The number of nitriles is 1. The lowest BCUT2D eigenvalue weighted by Gasteiger charge is -2.34. The summed E-state index contributed by atoms with van der Waals surface area (Å²) in [6.45, 7) is 3.87. The first-order valence-corrected chi connectivity index (χ1v) is 7.29. The summed E-state index contributed by atoms with van der Waals surface area (Å²) in [5.41, 5.74) is -0.805. The van der Waals surface area contributed by atoms with Crippen molar-refractivity contribution in [3.8, 4) is 6.07 Å². The maximum atomic E-state index is 12.6. The summed E-state index contributed by atoms with van der Waals surface area (Å²) in [5.74, 6) is 0.0295. The molecule has 0 spiro atoms. The molecular weight excluding hydrogens is 224 g/mol. The second kappa shape index (κ2) is 6.78. The number of nitrogens with zero attached hydrogens (tertiary/aromatic N) is 2. The van der Waals surface area contributed by atoms with Gasteiger partial charge in [-0.2, -0.15) is 5.26 Å². The summed E-state index contributed by atoms with van der Waals surface area (Å²) in [7, 11) is 1.88. The predicted octanol–water partition coefficient (Wildman–Crippen LogP) is 3.50. The average molecular weight is 250 g/mol. The number of hydrogen-bond donors (Lipinski definition) is 0. The molecule has 0 N–H and O–H groups in total. The third-order valence-corrected chi connectivity index (χ3v) is 4.52. The van der Waals surface area contributed by atoms with Gasteiger partial charge < -0.3 is 4.90 Å². The molecule has 1 fully saturated rings. The Hall–Kier alpha value is -1.04. The fourth-order valence-electron chi connectivity index (χ4n) is 2.91. The zero-order valence-corrected chi connectivity index (χ0v) is 12.0. The number of carbonyl (C=O) groups is 1. The van der Waals surface area contributed by atoms with Crippen LogP contribution in [0.3, 0.4) is 0 Å². The molecule has 1 saturated carbocycles. The zero-order chi connectivity index (χ0) is 13.6. The molecule has 0 bridgehead atoms. The van der Waals surface area contributed by atoms with E-state index >= 15 is 0 Å². The molecule has 18 heavy (non-hydrogen) atoms. The van der Waals surface area contributed by atoms with Crippen LogP contribution in [-0.2, 0) is 4.79 Å². The number of hydrogen-bond acceptors (Lipinski definition) is 2. The van der Waals surface area contributed by atoms with E-state index in [2.05, 4.69) is 6.07 Å². The van der Waals surface area contributed by atoms with Crippen molar-refractivity contribution in [2.24, 2.45) is 5.41 Å². The maximum absolute atomic E-state index is 12.6. The monoisotopic (exact) mass is 250 g/mol. The molecule has 1 amide bonds. The number of rotatable bonds is 4. The van der Waals surface area contributed by atoms with Gasteiger partial charge in [0.25, 0.3) is 0 Å². The maximum Gasteiger partial charge on any atom is 0.243 e. The second-order valence-corrected chi connectivity index (χ2v) is 5.46. The smallest absolute Gasteiger partial charge is 0.243 e. The Kier molecular flexibility index (Phi) is 5.65. The van der Waals surface area contributed by atoms with Crippen LogP contribution in [0.5, 0.6) is 0 Å². The Morgan fingerprint density at radius 2 is 1.72 bits per heavy atom.